The minimum Gasteiger partial charge on any atom is -0.246 e. The molecule has 0 saturated heterocycles. The summed E-state index contributed by atoms with van der Waals surface area (Å²) >= 11 is 0. The molecule has 5 heteroatoms. The van der Waals surface area contributed by atoms with Gasteiger partial charge < -0.3 is 0 Å². The highest BCUT2D eigenvalue weighted by atomic mass is 16.2. The van der Waals surface area contributed by atoms with Crippen LogP contribution in [0, 0.1) is 28.6 Å². The van der Waals surface area contributed by atoms with Crippen molar-refractivity contribution in [3.63, 3.8) is 0 Å². The molecule has 0 amide bonds. The summed E-state index contributed by atoms with van der Waals surface area (Å²) in [6, 6.07) is 0.153. The number of rotatable bonds is 1. The van der Waals surface area contributed by atoms with Crippen molar-refractivity contribution in [2.45, 2.75) is 96.7 Å². The van der Waals surface area contributed by atoms with Crippen LogP contribution in [0.4, 0.5) is 0 Å². The largest absolute Gasteiger partial charge is 0.348 e. The van der Waals surface area contributed by atoms with Crippen LogP contribution in [-0.2, 0) is 0 Å². The predicted octanol–water partition coefficient (Wildman–Crippen LogP) is 4.76. The maximum atomic E-state index is 14.0. The van der Waals surface area contributed by atoms with Gasteiger partial charge in [-0.25, -0.2) is 23.5 Å². The summed E-state index contributed by atoms with van der Waals surface area (Å²) in [4.78, 5) is 27.9. The van der Waals surface area contributed by atoms with Crippen LogP contribution < -0.4 is 11.4 Å². The standard InChI is InChI=1S/C26H35N3O2/c1-25(2)17-10-11-26(25,3)20(14-17)27-23(30)28-19-13-16-9-7-5-4-6-8-15-12-18(21(15)19)22(16)29(28)24(27)31/h12-13,17-22H,4-11,14H2,1-3H3/t17-,18-,19+,20-,21+,22+,26+/m1/s1. The Labute approximate surface area is 183 Å². The third-order valence-electron chi connectivity index (χ3n) is 11.1. The van der Waals surface area contributed by atoms with Gasteiger partial charge in [-0.05, 0) is 67.3 Å². The highest BCUT2D eigenvalue weighted by Crippen LogP contribution is 2.69. The number of fused-ring (bicyclic) bond motifs is 2. The summed E-state index contributed by atoms with van der Waals surface area (Å²) in [5, 5.41) is 0. The van der Waals surface area contributed by atoms with Gasteiger partial charge in [0.1, 0.15) is 0 Å². The Balaban J connectivity index is 1.39. The van der Waals surface area contributed by atoms with Crippen LogP contribution in [-0.4, -0.2) is 13.9 Å². The first kappa shape index (κ1) is 18.8. The van der Waals surface area contributed by atoms with Gasteiger partial charge in [0.05, 0.1) is 12.1 Å². The van der Waals surface area contributed by atoms with Crippen molar-refractivity contribution in [3.8, 4) is 0 Å². The third-order valence-corrected chi connectivity index (χ3v) is 11.1. The Morgan fingerprint density at radius 2 is 1.61 bits per heavy atom. The molecule has 2 aliphatic heterocycles. The molecule has 3 heterocycles. The van der Waals surface area contributed by atoms with Gasteiger partial charge in [0.2, 0.25) is 0 Å². The SMILES string of the molecule is CC1(C)[C@@H]2CC[C@@]1(C)[C@H](n1c(=O)n3n(c1=O)[C@H]1C4=C[C@H]3[C@H]3C(=C[C@H]31)CCCCCC4)C2. The number of allylic oxidation sites excluding steroid dienone is 4. The second-order valence-electron chi connectivity index (χ2n) is 12.2. The van der Waals surface area contributed by atoms with E-state index >= 15 is 0 Å². The normalized spacial score (nSPS) is 43.8. The van der Waals surface area contributed by atoms with E-state index in [1.807, 2.05) is 9.36 Å². The van der Waals surface area contributed by atoms with E-state index in [1.54, 1.807) is 10.1 Å². The summed E-state index contributed by atoms with van der Waals surface area (Å²) in [7, 11) is 0. The molecular formula is C26H35N3O2. The number of aromatic nitrogens is 3. The lowest BCUT2D eigenvalue weighted by atomic mass is 9.60. The lowest BCUT2D eigenvalue weighted by molar-refractivity contribution is 0.103. The van der Waals surface area contributed by atoms with Crippen molar-refractivity contribution in [1.29, 1.82) is 0 Å². The lowest BCUT2D eigenvalue weighted by Crippen LogP contribution is -2.53. The summed E-state index contributed by atoms with van der Waals surface area (Å²) in [6.07, 6.45) is 15.5. The van der Waals surface area contributed by atoms with E-state index in [4.69, 9.17) is 0 Å². The van der Waals surface area contributed by atoms with Gasteiger partial charge in [0, 0.05) is 17.9 Å². The van der Waals surface area contributed by atoms with E-state index in [0.717, 1.165) is 19.3 Å². The molecule has 2 fully saturated rings. The topological polar surface area (TPSA) is 48.9 Å². The van der Waals surface area contributed by atoms with Crippen LogP contribution in [0.2, 0.25) is 0 Å². The first-order valence-electron chi connectivity index (χ1n) is 12.7. The summed E-state index contributed by atoms with van der Waals surface area (Å²) in [5.74, 6) is 1.47. The van der Waals surface area contributed by atoms with E-state index in [-0.39, 0.29) is 40.3 Å². The van der Waals surface area contributed by atoms with E-state index in [2.05, 4.69) is 32.9 Å². The molecule has 166 valence electrons. The van der Waals surface area contributed by atoms with Crippen molar-refractivity contribution in [2.75, 3.05) is 0 Å². The second kappa shape index (κ2) is 5.77. The number of hydrogen-bond donors (Lipinski definition) is 0. The molecule has 0 radical (unpaired) electrons. The van der Waals surface area contributed by atoms with Crippen molar-refractivity contribution >= 4 is 0 Å². The smallest absolute Gasteiger partial charge is 0.246 e. The maximum Gasteiger partial charge on any atom is 0.348 e. The zero-order valence-electron chi connectivity index (χ0n) is 19.1. The zero-order chi connectivity index (χ0) is 21.3. The van der Waals surface area contributed by atoms with Gasteiger partial charge in [-0.1, -0.05) is 51.3 Å². The lowest BCUT2D eigenvalue weighted by Gasteiger charge is -2.53. The molecule has 8 rings (SSSR count). The van der Waals surface area contributed by atoms with E-state index in [9.17, 15) is 9.59 Å². The zero-order valence-corrected chi connectivity index (χ0v) is 19.1. The van der Waals surface area contributed by atoms with Gasteiger partial charge in [-0.3, -0.25) is 0 Å². The van der Waals surface area contributed by atoms with Gasteiger partial charge in [0.15, 0.2) is 0 Å². The van der Waals surface area contributed by atoms with Crippen LogP contribution >= 0.6 is 0 Å². The fourth-order valence-corrected chi connectivity index (χ4v) is 8.86. The summed E-state index contributed by atoms with van der Waals surface area (Å²) in [5.41, 5.74) is 3.10. The Kier molecular flexibility index (Phi) is 3.49. The maximum absolute atomic E-state index is 14.0. The van der Waals surface area contributed by atoms with Crippen molar-refractivity contribution in [1.82, 2.24) is 13.9 Å². The monoisotopic (exact) mass is 421 g/mol. The average Bonchev–Trinajstić information content (AvgIpc) is 3.15. The fraction of sp³-hybridized carbons (Fsp3) is 0.769. The first-order chi connectivity index (χ1) is 14.8. The predicted molar refractivity (Wildman–Crippen MR) is 120 cm³/mol. The van der Waals surface area contributed by atoms with Crippen LogP contribution in [0.5, 0.6) is 0 Å². The Morgan fingerprint density at radius 1 is 0.903 bits per heavy atom. The van der Waals surface area contributed by atoms with Crippen molar-refractivity contribution in [2.24, 2.45) is 28.6 Å². The molecule has 7 atom stereocenters. The van der Waals surface area contributed by atoms with E-state index < -0.39 is 0 Å². The molecule has 5 nitrogen and oxygen atoms in total. The third kappa shape index (κ3) is 2.01. The van der Waals surface area contributed by atoms with E-state index in [1.165, 1.54) is 44.1 Å². The minimum absolute atomic E-state index is 0.0251. The molecule has 5 aliphatic carbocycles. The summed E-state index contributed by atoms with van der Waals surface area (Å²) in [6.45, 7) is 7.06. The van der Waals surface area contributed by atoms with Gasteiger partial charge in [-0.2, -0.15) is 0 Å². The molecule has 0 N–H and O–H groups in total. The Morgan fingerprint density at radius 3 is 2.29 bits per heavy atom. The molecule has 1 aromatic rings. The Hall–Kier alpha value is -1.78. The van der Waals surface area contributed by atoms with Crippen LogP contribution in [0.15, 0.2) is 32.9 Å². The average molecular weight is 422 g/mol. The highest BCUT2D eigenvalue weighted by molar-refractivity contribution is 5.38. The van der Waals surface area contributed by atoms with Crippen LogP contribution in [0.25, 0.3) is 0 Å². The van der Waals surface area contributed by atoms with E-state index in [0.29, 0.717) is 17.8 Å². The molecule has 0 aromatic carbocycles. The van der Waals surface area contributed by atoms with Gasteiger partial charge in [0.25, 0.3) is 0 Å². The Bertz CT molecular complexity index is 1160. The fourth-order valence-electron chi connectivity index (χ4n) is 8.86. The second-order valence-corrected chi connectivity index (χ2v) is 12.2. The minimum atomic E-state index is -0.0375. The van der Waals surface area contributed by atoms with Gasteiger partial charge in [-0.15, -0.1) is 0 Å². The molecule has 0 spiro atoms. The van der Waals surface area contributed by atoms with Crippen LogP contribution in [0.1, 0.15) is 96.7 Å². The molecule has 7 aliphatic rings. The highest BCUT2D eigenvalue weighted by Gasteiger charge is 2.63. The molecule has 31 heavy (non-hydrogen) atoms. The number of hydrogen-bond acceptors (Lipinski definition) is 2. The first-order valence-corrected chi connectivity index (χ1v) is 12.7. The van der Waals surface area contributed by atoms with Crippen LogP contribution in [0.3, 0.4) is 0 Å². The molecular weight excluding hydrogens is 386 g/mol. The molecule has 6 bridgehead atoms. The number of nitrogens with zero attached hydrogens (tertiary/aromatic N) is 3. The molecule has 2 saturated carbocycles. The van der Waals surface area contributed by atoms with Crippen molar-refractivity contribution < 1.29 is 0 Å². The molecule has 0 unspecified atom stereocenters. The summed E-state index contributed by atoms with van der Waals surface area (Å²) < 4.78 is 5.52. The molecule has 1 aromatic heterocycles. The quantitative estimate of drug-likeness (QED) is 0.614. The van der Waals surface area contributed by atoms with Crippen molar-refractivity contribution in [3.05, 3.63) is 44.3 Å². The van der Waals surface area contributed by atoms with Gasteiger partial charge >= 0.3 is 11.4 Å².